The smallest absolute Gasteiger partial charge is 0.320 e. The highest BCUT2D eigenvalue weighted by atomic mass is 31.2. The summed E-state index contributed by atoms with van der Waals surface area (Å²) in [5.41, 5.74) is 0. The molecule has 4 nitrogen and oxygen atoms in total. The Hall–Kier alpha value is -0.830. The molecule has 0 saturated carbocycles. The molecule has 1 aromatic carbocycles. The molecule has 180 valence electrons. The van der Waals surface area contributed by atoms with Crippen molar-refractivity contribution in [2.75, 3.05) is 0 Å². The fourth-order valence-electron chi connectivity index (χ4n) is 3.90. The Morgan fingerprint density at radius 3 is 1.58 bits per heavy atom. The van der Waals surface area contributed by atoms with E-state index in [-0.39, 0.29) is 6.10 Å². The van der Waals surface area contributed by atoms with Crippen LogP contribution in [0, 0.1) is 0 Å². The second-order valence-corrected chi connectivity index (χ2v) is 10.0. The van der Waals surface area contributed by atoms with Crippen LogP contribution in [0.3, 0.4) is 0 Å². The van der Waals surface area contributed by atoms with Crippen molar-refractivity contribution in [2.45, 2.75) is 129 Å². The molecule has 2 atom stereocenters. The maximum Gasteiger partial charge on any atom is 0.320 e. The van der Waals surface area contributed by atoms with Gasteiger partial charge in [-0.1, -0.05) is 128 Å². The van der Waals surface area contributed by atoms with Gasteiger partial charge in [0.25, 0.3) is 0 Å². The summed E-state index contributed by atoms with van der Waals surface area (Å²) < 4.78 is 23.1. The summed E-state index contributed by atoms with van der Waals surface area (Å²) in [5, 5.41) is 0. The summed E-state index contributed by atoms with van der Waals surface area (Å²) in [7, 11) is -4.36. The SMILES string of the molecule is CCCCCCCCCCCC(CCCCCCCC)OP(=O)([O-])Oc1ccccc1. The van der Waals surface area contributed by atoms with Gasteiger partial charge in [-0.3, -0.25) is 4.57 Å². The molecule has 0 heterocycles. The first-order valence-electron chi connectivity index (χ1n) is 12.8. The van der Waals surface area contributed by atoms with E-state index in [1.54, 1.807) is 24.3 Å². The van der Waals surface area contributed by atoms with E-state index in [0.717, 1.165) is 38.5 Å². The van der Waals surface area contributed by atoms with E-state index < -0.39 is 7.82 Å². The number of unbranched alkanes of at least 4 members (excludes halogenated alkanes) is 13. The van der Waals surface area contributed by atoms with E-state index in [0.29, 0.717) is 5.75 Å². The largest absolute Gasteiger partial charge is 0.746 e. The third kappa shape index (κ3) is 16.5. The van der Waals surface area contributed by atoms with E-state index in [1.165, 1.54) is 70.6 Å². The topological polar surface area (TPSA) is 58.6 Å². The van der Waals surface area contributed by atoms with Crippen molar-refractivity contribution in [1.29, 1.82) is 0 Å². The molecular weight excluding hydrogens is 407 g/mol. The van der Waals surface area contributed by atoms with Crippen molar-refractivity contribution in [3.05, 3.63) is 30.3 Å². The van der Waals surface area contributed by atoms with Gasteiger partial charge in [0, 0.05) is 0 Å². The molecule has 0 amide bonds. The van der Waals surface area contributed by atoms with Gasteiger partial charge in [-0.2, -0.15) is 0 Å². The Morgan fingerprint density at radius 1 is 0.710 bits per heavy atom. The molecule has 0 radical (unpaired) electrons. The van der Waals surface area contributed by atoms with Gasteiger partial charge in [0.15, 0.2) is 0 Å². The molecule has 0 aromatic heterocycles. The van der Waals surface area contributed by atoms with Crippen LogP contribution >= 0.6 is 7.82 Å². The summed E-state index contributed by atoms with van der Waals surface area (Å²) in [6.45, 7) is 4.46. The standard InChI is InChI=1S/C26H47O4P/c1-3-5-7-9-11-12-13-15-18-22-25(21-17-14-10-8-6-4-2)29-31(27,28)30-26-23-19-16-20-24-26/h16,19-20,23-25H,3-15,17-18,21-22H2,1-2H3,(H,27,28)/p-1. The minimum Gasteiger partial charge on any atom is -0.746 e. The maximum absolute atomic E-state index is 12.4. The average Bonchev–Trinajstić information content (AvgIpc) is 2.75. The molecule has 0 spiro atoms. The predicted molar refractivity (Wildman–Crippen MR) is 129 cm³/mol. The van der Waals surface area contributed by atoms with E-state index in [1.807, 2.05) is 6.07 Å². The molecule has 5 heteroatoms. The van der Waals surface area contributed by atoms with Gasteiger partial charge in [-0.15, -0.1) is 0 Å². The molecule has 0 N–H and O–H groups in total. The molecule has 0 bridgehead atoms. The molecule has 0 aliphatic heterocycles. The molecule has 0 fully saturated rings. The minimum atomic E-state index is -4.36. The van der Waals surface area contributed by atoms with Gasteiger partial charge >= 0.3 is 7.82 Å². The molecule has 0 aliphatic rings. The lowest BCUT2D eigenvalue weighted by Crippen LogP contribution is -2.19. The minimum absolute atomic E-state index is 0.275. The van der Waals surface area contributed by atoms with Crippen LogP contribution in [-0.2, 0) is 9.09 Å². The summed E-state index contributed by atoms with van der Waals surface area (Å²) in [6, 6.07) is 8.61. The van der Waals surface area contributed by atoms with E-state index in [2.05, 4.69) is 13.8 Å². The van der Waals surface area contributed by atoms with Crippen molar-refractivity contribution < 1.29 is 18.5 Å². The number of para-hydroxylation sites is 1. The average molecular weight is 454 g/mol. The maximum atomic E-state index is 12.4. The number of phosphoric acid groups is 1. The van der Waals surface area contributed by atoms with Crippen molar-refractivity contribution in [2.24, 2.45) is 0 Å². The fraction of sp³-hybridized carbons (Fsp3) is 0.769. The fourth-order valence-corrected chi connectivity index (χ4v) is 4.90. The lowest BCUT2D eigenvalue weighted by atomic mass is 10.0. The highest BCUT2D eigenvalue weighted by molar-refractivity contribution is 7.46. The van der Waals surface area contributed by atoms with E-state index >= 15 is 0 Å². The summed E-state index contributed by atoms with van der Waals surface area (Å²) >= 11 is 0. The van der Waals surface area contributed by atoms with Crippen LogP contribution in [0.15, 0.2) is 30.3 Å². The molecule has 0 saturated heterocycles. The first kappa shape index (κ1) is 28.2. The highest BCUT2D eigenvalue weighted by Gasteiger charge is 2.19. The third-order valence-corrected chi connectivity index (χ3v) is 6.74. The van der Waals surface area contributed by atoms with Gasteiger partial charge < -0.3 is 13.9 Å². The normalized spacial score (nSPS) is 14.3. The zero-order chi connectivity index (χ0) is 22.6. The zero-order valence-corrected chi connectivity index (χ0v) is 21.0. The predicted octanol–water partition coefficient (Wildman–Crippen LogP) is 8.59. The number of hydrogen-bond donors (Lipinski definition) is 0. The number of hydrogen-bond acceptors (Lipinski definition) is 4. The van der Waals surface area contributed by atoms with Crippen LogP contribution in [-0.4, -0.2) is 6.10 Å². The summed E-state index contributed by atoms with van der Waals surface area (Å²) in [4.78, 5) is 12.4. The number of phosphoric ester groups is 1. The van der Waals surface area contributed by atoms with Crippen LogP contribution < -0.4 is 9.42 Å². The Bertz CT molecular complexity index is 564. The van der Waals surface area contributed by atoms with Gasteiger partial charge in [0.05, 0.1) is 6.10 Å². The van der Waals surface area contributed by atoms with Crippen molar-refractivity contribution >= 4 is 7.82 Å². The van der Waals surface area contributed by atoms with Gasteiger partial charge in [-0.25, -0.2) is 0 Å². The van der Waals surface area contributed by atoms with Gasteiger partial charge in [-0.05, 0) is 25.0 Å². The molecule has 1 aromatic rings. The molecule has 0 aliphatic carbocycles. The molecule has 1 rings (SSSR count). The monoisotopic (exact) mass is 453 g/mol. The summed E-state index contributed by atoms with van der Waals surface area (Å²) in [6.07, 6.45) is 19.8. The van der Waals surface area contributed by atoms with E-state index in [9.17, 15) is 9.46 Å². The van der Waals surface area contributed by atoms with Crippen molar-refractivity contribution in [3.63, 3.8) is 0 Å². The van der Waals surface area contributed by atoms with Gasteiger partial charge in [0.1, 0.15) is 5.75 Å². The van der Waals surface area contributed by atoms with Crippen LogP contribution in [0.5, 0.6) is 5.75 Å². The van der Waals surface area contributed by atoms with Crippen LogP contribution in [0.1, 0.15) is 123 Å². The van der Waals surface area contributed by atoms with Crippen LogP contribution in [0.2, 0.25) is 0 Å². The number of benzene rings is 1. The molecule has 2 unspecified atom stereocenters. The Balaban J connectivity index is 2.36. The van der Waals surface area contributed by atoms with E-state index in [4.69, 9.17) is 9.05 Å². The zero-order valence-electron chi connectivity index (χ0n) is 20.1. The van der Waals surface area contributed by atoms with Crippen molar-refractivity contribution in [1.82, 2.24) is 0 Å². The highest BCUT2D eigenvalue weighted by Crippen LogP contribution is 2.42. The Morgan fingerprint density at radius 2 is 1.13 bits per heavy atom. The third-order valence-electron chi connectivity index (χ3n) is 5.75. The van der Waals surface area contributed by atoms with Crippen LogP contribution in [0.4, 0.5) is 0 Å². The second kappa shape index (κ2) is 18.7. The lowest BCUT2D eigenvalue weighted by Gasteiger charge is -2.28. The second-order valence-electron chi connectivity index (χ2n) is 8.75. The van der Waals surface area contributed by atoms with Gasteiger partial charge in [0.2, 0.25) is 0 Å². The lowest BCUT2D eigenvalue weighted by molar-refractivity contribution is -0.221. The first-order valence-corrected chi connectivity index (χ1v) is 14.3. The van der Waals surface area contributed by atoms with Crippen molar-refractivity contribution in [3.8, 4) is 5.75 Å². The molecule has 31 heavy (non-hydrogen) atoms. The Kier molecular flexibility index (Phi) is 17.0. The van der Waals surface area contributed by atoms with Crippen LogP contribution in [0.25, 0.3) is 0 Å². The summed E-state index contributed by atoms with van der Waals surface area (Å²) in [5.74, 6) is 0.308. The number of rotatable bonds is 21. The first-order chi connectivity index (χ1) is 15.1. The quantitative estimate of drug-likeness (QED) is 0.138. The Labute approximate surface area is 191 Å². The molecular formula is C26H46O4P-.